The first-order valence-corrected chi connectivity index (χ1v) is 25.9. The number of carbonyl (C=O) groups is 2. The fourth-order valence-electron chi connectivity index (χ4n) is 7.39. The van der Waals surface area contributed by atoms with Gasteiger partial charge < -0.3 is 20.3 Å². The molecule has 6 heteroatoms. The van der Waals surface area contributed by atoms with Crippen LogP contribution in [0.5, 0.6) is 0 Å². The van der Waals surface area contributed by atoms with Crippen LogP contribution in [0.25, 0.3) is 0 Å². The summed E-state index contributed by atoms with van der Waals surface area (Å²) in [6.07, 6.45) is 63.5. The molecular weight excluding hydrogens is 767 g/mol. The van der Waals surface area contributed by atoms with Crippen molar-refractivity contribution in [3.63, 3.8) is 0 Å². The van der Waals surface area contributed by atoms with Gasteiger partial charge in [-0.2, -0.15) is 0 Å². The van der Waals surface area contributed by atoms with E-state index in [1.165, 1.54) is 89.9 Å². The van der Waals surface area contributed by atoms with E-state index in [-0.39, 0.29) is 24.9 Å². The standard InChI is InChI=1S/C56H97NO5/c1-4-7-10-13-16-19-22-25-26-27-28-31-32-35-38-41-44-47-52(62-56(61)49-46-43-40-37-34-30-24-21-18-15-12-9-6-3)50-55(60)57-53(51-58)54(59)48-45-42-39-36-33-29-23-20-17-14-11-8-5-2/h9,12,15-16,18-19,21,24-26,28,30-31,34,52-54,58-59H,4-8,10-11,13-14,17,20,22-23,27,29,32-33,35-51H2,1-3H3,(H,57,60)/b12-9+,18-15+,19-16-,24-21-,26-25-,31-28-,34-30-. The summed E-state index contributed by atoms with van der Waals surface area (Å²) in [5.74, 6) is -0.546. The van der Waals surface area contributed by atoms with Crippen molar-refractivity contribution in [1.29, 1.82) is 0 Å². The van der Waals surface area contributed by atoms with Crippen LogP contribution in [-0.2, 0) is 14.3 Å². The lowest BCUT2D eigenvalue weighted by atomic mass is 10.0. The number of aliphatic hydroxyl groups is 2. The van der Waals surface area contributed by atoms with E-state index in [0.717, 1.165) is 96.3 Å². The number of hydrogen-bond donors (Lipinski definition) is 3. The molecule has 356 valence electrons. The van der Waals surface area contributed by atoms with Crippen LogP contribution in [0.15, 0.2) is 85.1 Å². The number of hydrogen-bond acceptors (Lipinski definition) is 5. The Kier molecular flexibility index (Phi) is 46.7. The Morgan fingerprint density at radius 1 is 0.500 bits per heavy atom. The van der Waals surface area contributed by atoms with Crippen molar-refractivity contribution in [2.45, 2.75) is 251 Å². The highest BCUT2D eigenvalue weighted by atomic mass is 16.5. The van der Waals surface area contributed by atoms with Gasteiger partial charge in [0.2, 0.25) is 5.91 Å². The zero-order valence-electron chi connectivity index (χ0n) is 40.5. The second kappa shape index (κ2) is 49.1. The number of aliphatic hydroxyl groups excluding tert-OH is 2. The molecule has 0 fully saturated rings. The third-order valence-corrected chi connectivity index (χ3v) is 11.3. The van der Waals surface area contributed by atoms with Gasteiger partial charge in [0.15, 0.2) is 0 Å². The van der Waals surface area contributed by atoms with Crippen molar-refractivity contribution >= 4 is 11.9 Å². The minimum Gasteiger partial charge on any atom is -0.462 e. The first-order chi connectivity index (χ1) is 30.5. The quantitative estimate of drug-likeness (QED) is 0.0245. The summed E-state index contributed by atoms with van der Waals surface area (Å²) in [4.78, 5) is 26.1. The summed E-state index contributed by atoms with van der Waals surface area (Å²) in [5.41, 5.74) is 0. The largest absolute Gasteiger partial charge is 0.462 e. The molecule has 3 unspecified atom stereocenters. The van der Waals surface area contributed by atoms with Gasteiger partial charge in [0.1, 0.15) is 6.10 Å². The van der Waals surface area contributed by atoms with Crippen LogP contribution in [0.2, 0.25) is 0 Å². The Morgan fingerprint density at radius 2 is 0.935 bits per heavy atom. The number of ether oxygens (including phenoxy) is 1. The highest BCUT2D eigenvalue weighted by molar-refractivity contribution is 5.77. The molecule has 0 aromatic heterocycles. The van der Waals surface area contributed by atoms with Crippen LogP contribution < -0.4 is 5.32 Å². The average molecular weight is 864 g/mol. The van der Waals surface area contributed by atoms with Crippen LogP contribution in [-0.4, -0.2) is 46.9 Å². The minimum absolute atomic E-state index is 0.0427. The molecular formula is C56H97NO5. The Morgan fingerprint density at radius 3 is 1.50 bits per heavy atom. The molecule has 1 amide bonds. The van der Waals surface area contributed by atoms with Crippen molar-refractivity contribution in [2.75, 3.05) is 6.61 Å². The van der Waals surface area contributed by atoms with Gasteiger partial charge in [0.05, 0.1) is 25.2 Å². The molecule has 0 heterocycles. The highest BCUT2D eigenvalue weighted by Gasteiger charge is 2.24. The highest BCUT2D eigenvalue weighted by Crippen LogP contribution is 2.17. The second-order valence-corrected chi connectivity index (χ2v) is 17.3. The van der Waals surface area contributed by atoms with Crippen LogP contribution in [0.3, 0.4) is 0 Å². The van der Waals surface area contributed by atoms with Gasteiger partial charge in [0, 0.05) is 6.42 Å². The third kappa shape index (κ3) is 43.7. The predicted molar refractivity (Wildman–Crippen MR) is 268 cm³/mol. The number of nitrogens with one attached hydrogen (secondary N) is 1. The normalized spacial score (nSPS) is 14.0. The molecule has 0 aromatic carbocycles. The number of rotatable bonds is 45. The van der Waals surface area contributed by atoms with Crippen molar-refractivity contribution in [3.8, 4) is 0 Å². The van der Waals surface area contributed by atoms with Gasteiger partial charge >= 0.3 is 5.97 Å². The Bertz CT molecular complexity index is 1200. The maximum absolute atomic E-state index is 13.2. The lowest BCUT2D eigenvalue weighted by Gasteiger charge is -2.24. The lowest BCUT2D eigenvalue weighted by molar-refractivity contribution is -0.151. The molecule has 0 spiro atoms. The van der Waals surface area contributed by atoms with E-state index < -0.39 is 18.2 Å². The molecule has 6 nitrogen and oxygen atoms in total. The van der Waals surface area contributed by atoms with Gasteiger partial charge in [-0.05, 0) is 83.5 Å². The van der Waals surface area contributed by atoms with Crippen molar-refractivity contribution in [2.24, 2.45) is 0 Å². The van der Waals surface area contributed by atoms with Crippen LogP contribution in [0.1, 0.15) is 233 Å². The topological polar surface area (TPSA) is 95.9 Å². The summed E-state index contributed by atoms with van der Waals surface area (Å²) in [7, 11) is 0. The molecule has 0 aliphatic heterocycles. The number of amides is 1. The maximum Gasteiger partial charge on any atom is 0.306 e. The Hall–Kier alpha value is -2.96. The van der Waals surface area contributed by atoms with E-state index >= 15 is 0 Å². The SMILES string of the molecule is CC/C=C/C=C/C=C\C=C/CCCCCC(=O)OC(CCCCCC/C=C\C/C=C\C/C=C\CCCCC)CC(=O)NC(CO)C(O)CCCCCCCCCCCCCCC. The summed E-state index contributed by atoms with van der Waals surface area (Å²) in [5, 5.41) is 23.8. The third-order valence-electron chi connectivity index (χ3n) is 11.3. The van der Waals surface area contributed by atoms with E-state index in [9.17, 15) is 19.8 Å². The number of esters is 1. The van der Waals surface area contributed by atoms with Crippen molar-refractivity contribution in [1.82, 2.24) is 5.32 Å². The van der Waals surface area contributed by atoms with Crippen LogP contribution in [0.4, 0.5) is 0 Å². The van der Waals surface area contributed by atoms with Crippen molar-refractivity contribution < 1.29 is 24.5 Å². The molecule has 0 bridgehead atoms. The number of unbranched alkanes of at least 4 members (excludes halogenated alkanes) is 22. The molecule has 62 heavy (non-hydrogen) atoms. The first kappa shape index (κ1) is 59.0. The fourth-order valence-corrected chi connectivity index (χ4v) is 7.39. The van der Waals surface area contributed by atoms with Gasteiger partial charge in [-0.25, -0.2) is 0 Å². The second-order valence-electron chi connectivity index (χ2n) is 17.3. The van der Waals surface area contributed by atoms with Crippen molar-refractivity contribution in [3.05, 3.63) is 85.1 Å². The summed E-state index contributed by atoms with van der Waals surface area (Å²) < 4.78 is 5.90. The van der Waals surface area contributed by atoms with Crippen LogP contribution >= 0.6 is 0 Å². The Labute approximate surface area is 383 Å². The van der Waals surface area contributed by atoms with Crippen LogP contribution in [0, 0.1) is 0 Å². The molecule has 0 aliphatic rings. The smallest absolute Gasteiger partial charge is 0.306 e. The van der Waals surface area contributed by atoms with E-state index in [1.807, 2.05) is 30.4 Å². The number of carbonyl (C=O) groups excluding carboxylic acids is 2. The fraction of sp³-hybridized carbons (Fsp3) is 0.714. The summed E-state index contributed by atoms with van der Waals surface area (Å²) in [6, 6.07) is -0.721. The zero-order chi connectivity index (χ0) is 45.2. The maximum atomic E-state index is 13.2. The van der Waals surface area contributed by atoms with E-state index in [2.05, 4.69) is 80.8 Å². The molecule has 0 saturated carbocycles. The van der Waals surface area contributed by atoms with E-state index in [4.69, 9.17) is 4.74 Å². The number of allylic oxidation sites excluding steroid dienone is 14. The summed E-state index contributed by atoms with van der Waals surface area (Å²) in [6.45, 7) is 6.30. The van der Waals surface area contributed by atoms with Gasteiger partial charge in [0.25, 0.3) is 0 Å². The molecule has 0 rings (SSSR count). The molecule has 0 aromatic rings. The van der Waals surface area contributed by atoms with Gasteiger partial charge in [-0.3, -0.25) is 9.59 Å². The van der Waals surface area contributed by atoms with Gasteiger partial charge in [-0.1, -0.05) is 221 Å². The Balaban J connectivity index is 4.71. The average Bonchev–Trinajstić information content (AvgIpc) is 3.26. The molecule has 3 atom stereocenters. The molecule has 0 aliphatic carbocycles. The monoisotopic (exact) mass is 864 g/mol. The minimum atomic E-state index is -0.805. The summed E-state index contributed by atoms with van der Waals surface area (Å²) >= 11 is 0. The van der Waals surface area contributed by atoms with Gasteiger partial charge in [-0.15, -0.1) is 0 Å². The molecule has 0 radical (unpaired) electrons. The van der Waals surface area contributed by atoms with E-state index in [0.29, 0.717) is 19.3 Å². The lowest BCUT2D eigenvalue weighted by Crippen LogP contribution is -2.46. The molecule has 3 N–H and O–H groups in total. The predicted octanol–water partition coefficient (Wildman–Crippen LogP) is 15.6. The molecule has 0 saturated heterocycles. The zero-order valence-corrected chi connectivity index (χ0v) is 40.5. The van der Waals surface area contributed by atoms with E-state index in [1.54, 1.807) is 0 Å². The first-order valence-electron chi connectivity index (χ1n) is 25.9.